The van der Waals surface area contributed by atoms with Crippen molar-refractivity contribution in [1.82, 2.24) is 0 Å². The lowest BCUT2D eigenvalue weighted by Crippen LogP contribution is -2.13. The zero-order valence-corrected chi connectivity index (χ0v) is 14.8. The number of anilines is 1. The van der Waals surface area contributed by atoms with Crippen molar-refractivity contribution in [1.29, 1.82) is 0 Å². The number of ketones is 1. The molecule has 0 aliphatic heterocycles. The number of halogens is 2. The summed E-state index contributed by atoms with van der Waals surface area (Å²) in [6.07, 6.45) is 0.388. The molecule has 0 heterocycles. The third kappa shape index (κ3) is 5.24. The molecule has 0 atom stereocenters. The molecular weight excluding hydrogens is 445 g/mol. The van der Waals surface area contributed by atoms with Gasteiger partial charge in [-0.05, 0) is 59.0 Å². The van der Waals surface area contributed by atoms with Crippen LogP contribution in [0.4, 0.5) is 5.69 Å². The van der Waals surface area contributed by atoms with Gasteiger partial charge in [-0.3, -0.25) is 9.59 Å². The van der Waals surface area contributed by atoms with Crippen LogP contribution in [-0.2, 0) is 4.79 Å². The van der Waals surface area contributed by atoms with Crippen molar-refractivity contribution in [2.24, 2.45) is 0 Å². The Labute approximate surface area is 145 Å². The third-order valence-corrected chi connectivity index (χ3v) is 4.12. The fraction of sp³-hybridized carbons (Fsp3) is 0.125. The van der Waals surface area contributed by atoms with Gasteiger partial charge in [0.05, 0.1) is 0 Å². The SMILES string of the molecule is O=C(CCC(=O)c1ccc(Br)cc1)Nc1ccc(I)cc1. The van der Waals surface area contributed by atoms with E-state index >= 15 is 0 Å². The molecule has 0 unspecified atom stereocenters. The largest absolute Gasteiger partial charge is 0.326 e. The fourth-order valence-electron chi connectivity index (χ4n) is 1.76. The van der Waals surface area contributed by atoms with Crippen molar-refractivity contribution >= 4 is 55.9 Å². The van der Waals surface area contributed by atoms with Crippen molar-refractivity contribution in [3.05, 3.63) is 62.1 Å². The smallest absolute Gasteiger partial charge is 0.224 e. The van der Waals surface area contributed by atoms with Crippen LogP contribution in [0.25, 0.3) is 0 Å². The summed E-state index contributed by atoms with van der Waals surface area (Å²) in [6, 6.07) is 14.7. The molecule has 1 amide bonds. The monoisotopic (exact) mass is 457 g/mol. The third-order valence-electron chi connectivity index (χ3n) is 2.87. The van der Waals surface area contributed by atoms with Crippen LogP contribution in [-0.4, -0.2) is 11.7 Å². The molecule has 0 aromatic heterocycles. The second kappa shape index (κ2) is 7.70. The number of amides is 1. The molecule has 0 bridgehead atoms. The van der Waals surface area contributed by atoms with Crippen LogP contribution in [0.15, 0.2) is 53.0 Å². The van der Waals surface area contributed by atoms with Gasteiger partial charge in [0.25, 0.3) is 0 Å². The topological polar surface area (TPSA) is 46.2 Å². The van der Waals surface area contributed by atoms with Crippen LogP contribution < -0.4 is 5.32 Å². The number of carbonyl (C=O) groups excluding carboxylic acids is 2. The molecule has 2 aromatic carbocycles. The van der Waals surface area contributed by atoms with Gasteiger partial charge in [0.1, 0.15) is 0 Å². The van der Waals surface area contributed by atoms with Crippen LogP contribution in [0.2, 0.25) is 0 Å². The second-order valence-corrected chi connectivity index (χ2v) is 6.65. The predicted molar refractivity (Wildman–Crippen MR) is 95.5 cm³/mol. The molecule has 21 heavy (non-hydrogen) atoms. The van der Waals surface area contributed by atoms with Crippen LogP contribution in [0.3, 0.4) is 0 Å². The van der Waals surface area contributed by atoms with E-state index in [1.165, 1.54) is 0 Å². The minimum atomic E-state index is -0.151. The lowest BCUT2D eigenvalue weighted by molar-refractivity contribution is -0.116. The first-order chi connectivity index (χ1) is 10.0. The summed E-state index contributed by atoms with van der Waals surface area (Å²) in [5.41, 5.74) is 1.37. The zero-order chi connectivity index (χ0) is 15.2. The van der Waals surface area contributed by atoms with Crippen LogP contribution in [0.1, 0.15) is 23.2 Å². The first-order valence-corrected chi connectivity index (χ1v) is 8.26. The van der Waals surface area contributed by atoms with Gasteiger partial charge in [-0.2, -0.15) is 0 Å². The van der Waals surface area contributed by atoms with E-state index in [0.29, 0.717) is 5.56 Å². The molecule has 0 spiro atoms. The maximum Gasteiger partial charge on any atom is 0.224 e. The Bertz CT molecular complexity index is 638. The normalized spacial score (nSPS) is 10.2. The van der Waals surface area contributed by atoms with Crippen LogP contribution in [0.5, 0.6) is 0 Å². The lowest BCUT2D eigenvalue weighted by atomic mass is 10.1. The summed E-state index contributed by atoms with van der Waals surface area (Å²) in [5.74, 6) is -0.179. The zero-order valence-electron chi connectivity index (χ0n) is 11.1. The van der Waals surface area contributed by atoms with E-state index in [9.17, 15) is 9.59 Å². The summed E-state index contributed by atoms with van der Waals surface area (Å²) < 4.78 is 2.03. The molecule has 0 aliphatic rings. The fourth-order valence-corrected chi connectivity index (χ4v) is 2.39. The van der Waals surface area contributed by atoms with Crippen molar-refractivity contribution in [3.8, 4) is 0 Å². The molecule has 0 saturated carbocycles. The standard InChI is InChI=1S/C16H13BrINO2/c17-12-3-1-11(2-4-12)15(20)9-10-16(21)19-14-7-5-13(18)6-8-14/h1-8H,9-10H2,(H,19,21). The highest BCUT2D eigenvalue weighted by Crippen LogP contribution is 2.14. The van der Waals surface area contributed by atoms with E-state index in [2.05, 4.69) is 43.8 Å². The maximum atomic E-state index is 12.0. The average molecular weight is 458 g/mol. The van der Waals surface area contributed by atoms with Crippen molar-refractivity contribution in [2.45, 2.75) is 12.8 Å². The maximum absolute atomic E-state index is 12.0. The molecule has 0 fully saturated rings. The highest BCUT2D eigenvalue weighted by Gasteiger charge is 2.09. The number of hydrogen-bond acceptors (Lipinski definition) is 2. The molecule has 108 valence electrons. The Morgan fingerprint density at radius 1 is 0.952 bits per heavy atom. The molecular formula is C16H13BrINO2. The molecule has 3 nitrogen and oxygen atoms in total. The van der Waals surface area contributed by atoms with E-state index in [0.717, 1.165) is 13.7 Å². The number of nitrogens with one attached hydrogen (secondary N) is 1. The summed E-state index contributed by atoms with van der Waals surface area (Å²) in [4.78, 5) is 23.8. The molecule has 5 heteroatoms. The molecule has 2 aromatic rings. The number of carbonyl (C=O) groups is 2. The van der Waals surface area contributed by atoms with E-state index in [1.807, 2.05) is 36.4 Å². The first kappa shape index (κ1) is 16.2. The van der Waals surface area contributed by atoms with E-state index in [1.54, 1.807) is 12.1 Å². The lowest BCUT2D eigenvalue weighted by Gasteiger charge is -2.05. The van der Waals surface area contributed by atoms with Gasteiger partial charge in [-0.25, -0.2) is 0 Å². The summed E-state index contributed by atoms with van der Waals surface area (Å²) in [6.45, 7) is 0. The Kier molecular flexibility index (Phi) is 5.93. The van der Waals surface area contributed by atoms with E-state index in [-0.39, 0.29) is 24.5 Å². The summed E-state index contributed by atoms with van der Waals surface area (Å²) >= 11 is 5.53. The number of benzene rings is 2. The van der Waals surface area contributed by atoms with E-state index in [4.69, 9.17) is 0 Å². The minimum absolute atomic E-state index is 0.0275. The Balaban J connectivity index is 1.84. The van der Waals surface area contributed by atoms with Crippen LogP contribution >= 0.6 is 38.5 Å². The quantitative estimate of drug-likeness (QED) is 0.524. The average Bonchev–Trinajstić information content (AvgIpc) is 2.48. The van der Waals surface area contributed by atoms with E-state index < -0.39 is 0 Å². The Morgan fingerprint density at radius 2 is 1.57 bits per heavy atom. The van der Waals surface area contributed by atoms with Crippen molar-refractivity contribution < 1.29 is 9.59 Å². The highest BCUT2D eigenvalue weighted by atomic mass is 127. The number of hydrogen-bond donors (Lipinski definition) is 1. The predicted octanol–water partition coefficient (Wildman–Crippen LogP) is 4.66. The van der Waals surface area contributed by atoms with Gasteiger partial charge in [-0.15, -0.1) is 0 Å². The van der Waals surface area contributed by atoms with Gasteiger partial charge in [0.2, 0.25) is 5.91 Å². The van der Waals surface area contributed by atoms with Gasteiger partial charge >= 0.3 is 0 Å². The van der Waals surface area contributed by atoms with Gasteiger partial charge in [-0.1, -0.05) is 28.1 Å². The number of Topliss-reactive ketones (excluding diaryl/α,β-unsaturated/α-hetero) is 1. The van der Waals surface area contributed by atoms with Crippen LogP contribution in [0, 0.1) is 3.57 Å². The van der Waals surface area contributed by atoms with Gasteiger partial charge in [0, 0.05) is 32.1 Å². The highest BCUT2D eigenvalue weighted by molar-refractivity contribution is 14.1. The van der Waals surface area contributed by atoms with Gasteiger partial charge in [0.15, 0.2) is 5.78 Å². The van der Waals surface area contributed by atoms with Crippen molar-refractivity contribution in [3.63, 3.8) is 0 Å². The Morgan fingerprint density at radius 3 is 2.19 bits per heavy atom. The molecule has 0 saturated heterocycles. The van der Waals surface area contributed by atoms with Crippen molar-refractivity contribution in [2.75, 3.05) is 5.32 Å². The second-order valence-electron chi connectivity index (χ2n) is 4.49. The molecule has 1 N–H and O–H groups in total. The molecule has 0 aliphatic carbocycles. The van der Waals surface area contributed by atoms with Gasteiger partial charge < -0.3 is 5.32 Å². The summed E-state index contributed by atoms with van der Waals surface area (Å²) in [7, 11) is 0. The summed E-state index contributed by atoms with van der Waals surface area (Å²) in [5, 5.41) is 2.78. The first-order valence-electron chi connectivity index (χ1n) is 6.39. The molecule has 0 radical (unpaired) electrons. The minimum Gasteiger partial charge on any atom is -0.326 e. The number of rotatable bonds is 5. The molecule has 2 rings (SSSR count). The Hall–Kier alpha value is -1.21.